The summed E-state index contributed by atoms with van der Waals surface area (Å²) in [6.45, 7) is 2.70. The molecule has 5 heteroatoms. The van der Waals surface area contributed by atoms with Crippen LogP contribution in [0.25, 0.3) is 0 Å². The molecule has 0 heterocycles. The molecule has 0 amide bonds. The van der Waals surface area contributed by atoms with Gasteiger partial charge < -0.3 is 0 Å². The fraction of sp³-hybridized carbons (Fsp3) is 1.00. The van der Waals surface area contributed by atoms with Gasteiger partial charge >= 0.3 is 6.18 Å². The first-order valence-electron chi connectivity index (χ1n) is 5.40. The van der Waals surface area contributed by atoms with Crippen molar-refractivity contribution in [1.82, 2.24) is 4.90 Å². The van der Waals surface area contributed by atoms with E-state index >= 15 is 0 Å². The highest BCUT2D eigenvalue weighted by molar-refractivity contribution is 9.09. The average Bonchev–Trinajstić information content (AvgIpc) is 2.64. The van der Waals surface area contributed by atoms with Crippen LogP contribution in [-0.4, -0.2) is 35.0 Å². The number of halogens is 4. The maximum Gasteiger partial charge on any atom is 0.402 e. The van der Waals surface area contributed by atoms with Gasteiger partial charge in [-0.1, -0.05) is 35.7 Å². The van der Waals surface area contributed by atoms with Gasteiger partial charge in [-0.3, -0.25) is 4.90 Å². The Bertz CT molecular complexity index is 190. The first-order chi connectivity index (χ1) is 6.95. The molecule has 1 unspecified atom stereocenters. The molecule has 0 bridgehead atoms. The quantitative estimate of drug-likeness (QED) is 0.715. The summed E-state index contributed by atoms with van der Waals surface area (Å²) in [4.78, 5) is 0.547. The lowest BCUT2D eigenvalue weighted by Crippen LogP contribution is -2.42. The molecule has 1 aliphatic carbocycles. The molecule has 15 heavy (non-hydrogen) atoms. The predicted octanol–water partition coefficient (Wildman–Crippen LogP) is 3.58. The van der Waals surface area contributed by atoms with Gasteiger partial charge in [0.2, 0.25) is 0 Å². The first-order valence-corrected chi connectivity index (χ1v) is 6.31. The van der Waals surface area contributed by atoms with Gasteiger partial charge in [-0.05, 0) is 19.4 Å². The lowest BCUT2D eigenvalue weighted by molar-refractivity contribution is -0.131. The normalized spacial score (nSPS) is 21.2. The van der Waals surface area contributed by atoms with Crippen molar-refractivity contribution in [2.75, 3.05) is 13.1 Å². The van der Waals surface area contributed by atoms with Crippen molar-refractivity contribution >= 4 is 15.9 Å². The summed E-state index contributed by atoms with van der Waals surface area (Å²) >= 11 is 2.72. The summed E-state index contributed by atoms with van der Waals surface area (Å²) in [7, 11) is 0. The smallest absolute Gasteiger partial charge is 0.299 e. The van der Waals surface area contributed by atoms with Crippen molar-refractivity contribution in [2.45, 2.75) is 49.7 Å². The van der Waals surface area contributed by atoms with Crippen LogP contribution in [0, 0.1) is 0 Å². The molecule has 1 saturated carbocycles. The van der Waals surface area contributed by atoms with Gasteiger partial charge in [-0.25, -0.2) is 0 Å². The highest BCUT2D eigenvalue weighted by atomic mass is 79.9. The Morgan fingerprint density at radius 1 is 1.33 bits per heavy atom. The topological polar surface area (TPSA) is 3.24 Å². The maximum atomic E-state index is 12.4. The molecular weight excluding hydrogens is 271 g/mol. The van der Waals surface area contributed by atoms with E-state index in [1.807, 2.05) is 11.8 Å². The summed E-state index contributed by atoms with van der Waals surface area (Å²) in [5.74, 6) is 0. The summed E-state index contributed by atoms with van der Waals surface area (Å²) in [5, 5.41) is 0. The minimum atomic E-state index is -4.13. The van der Waals surface area contributed by atoms with E-state index in [2.05, 4.69) is 15.9 Å². The van der Waals surface area contributed by atoms with Crippen LogP contribution < -0.4 is 0 Å². The van der Waals surface area contributed by atoms with Crippen molar-refractivity contribution in [1.29, 1.82) is 0 Å². The van der Waals surface area contributed by atoms with E-state index in [4.69, 9.17) is 0 Å². The number of rotatable bonds is 4. The van der Waals surface area contributed by atoms with Crippen molar-refractivity contribution < 1.29 is 13.2 Å². The van der Waals surface area contributed by atoms with E-state index in [1.165, 1.54) is 0 Å². The highest BCUT2D eigenvalue weighted by Gasteiger charge is 2.39. The molecule has 0 aromatic rings. The lowest BCUT2D eigenvalue weighted by Gasteiger charge is -2.30. The van der Waals surface area contributed by atoms with Gasteiger partial charge in [0.05, 0.1) is 0 Å². The zero-order valence-corrected chi connectivity index (χ0v) is 10.4. The minimum absolute atomic E-state index is 0.0741. The van der Waals surface area contributed by atoms with E-state index in [9.17, 15) is 13.2 Å². The van der Waals surface area contributed by atoms with Gasteiger partial charge in [0.1, 0.15) is 4.83 Å². The molecule has 0 N–H and O–H groups in total. The predicted molar refractivity (Wildman–Crippen MR) is 58.3 cm³/mol. The van der Waals surface area contributed by atoms with Gasteiger partial charge in [0.15, 0.2) is 0 Å². The zero-order chi connectivity index (χ0) is 11.5. The monoisotopic (exact) mass is 287 g/mol. The van der Waals surface area contributed by atoms with E-state index < -0.39 is 11.0 Å². The zero-order valence-electron chi connectivity index (χ0n) is 8.86. The molecule has 0 aliphatic heterocycles. The third kappa shape index (κ3) is 3.94. The second kappa shape index (κ2) is 5.53. The summed E-state index contributed by atoms with van der Waals surface area (Å²) < 4.78 is 37.1. The van der Waals surface area contributed by atoms with Crippen LogP contribution in [0.3, 0.4) is 0 Å². The van der Waals surface area contributed by atoms with Gasteiger partial charge in [0, 0.05) is 12.6 Å². The number of alkyl halides is 4. The number of nitrogens with zero attached hydrogens (tertiary/aromatic N) is 1. The third-order valence-electron chi connectivity index (χ3n) is 3.00. The van der Waals surface area contributed by atoms with E-state index in [-0.39, 0.29) is 6.54 Å². The molecule has 1 aliphatic rings. The third-order valence-corrected chi connectivity index (χ3v) is 3.81. The SMILES string of the molecule is CCN(CC(Br)C(F)(F)F)C1CCCC1. The van der Waals surface area contributed by atoms with Crippen LogP contribution in [0.1, 0.15) is 32.6 Å². The maximum absolute atomic E-state index is 12.4. The van der Waals surface area contributed by atoms with Gasteiger partial charge in [-0.2, -0.15) is 13.2 Å². The average molecular weight is 288 g/mol. The Morgan fingerprint density at radius 2 is 1.87 bits per heavy atom. The fourth-order valence-electron chi connectivity index (χ4n) is 2.12. The molecule has 90 valence electrons. The summed E-state index contributed by atoms with van der Waals surface area (Å²) in [6.07, 6.45) is 0.267. The Balaban J connectivity index is 2.45. The molecule has 1 atom stereocenters. The molecule has 0 aromatic carbocycles. The van der Waals surface area contributed by atoms with Crippen molar-refractivity contribution in [3.63, 3.8) is 0 Å². The van der Waals surface area contributed by atoms with Crippen LogP contribution in [0.15, 0.2) is 0 Å². The molecule has 0 radical (unpaired) electrons. The van der Waals surface area contributed by atoms with Gasteiger partial charge in [-0.15, -0.1) is 0 Å². The molecule has 1 fully saturated rings. The second-order valence-corrected chi connectivity index (χ2v) is 5.14. The largest absolute Gasteiger partial charge is 0.402 e. The van der Waals surface area contributed by atoms with E-state index in [0.717, 1.165) is 25.7 Å². The molecular formula is C10H17BrF3N. The summed E-state index contributed by atoms with van der Waals surface area (Å²) in [6, 6.07) is 0.359. The van der Waals surface area contributed by atoms with Crippen LogP contribution in [-0.2, 0) is 0 Å². The molecule has 1 rings (SSSR count). The molecule has 0 spiro atoms. The highest BCUT2D eigenvalue weighted by Crippen LogP contribution is 2.30. The minimum Gasteiger partial charge on any atom is -0.299 e. The number of hydrogen-bond acceptors (Lipinski definition) is 1. The Morgan fingerprint density at radius 3 is 2.27 bits per heavy atom. The number of hydrogen-bond donors (Lipinski definition) is 0. The van der Waals surface area contributed by atoms with E-state index in [1.54, 1.807) is 0 Å². The molecule has 1 nitrogen and oxygen atoms in total. The van der Waals surface area contributed by atoms with Crippen LogP contribution in [0.4, 0.5) is 13.2 Å². The standard InChI is InChI=1S/C10H17BrF3N/c1-2-15(8-5-3-4-6-8)7-9(11)10(12,13)14/h8-9H,2-7H2,1H3. The fourth-order valence-corrected chi connectivity index (χ4v) is 2.49. The second-order valence-electron chi connectivity index (χ2n) is 4.03. The summed E-state index contributed by atoms with van der Waals surface area (Å²) in [5.41, 5.74) is 0. The molecule has 0 saturated heterocycles. The van der Waals surface area contributed by atoms with Gasteiger partial charge in [0.25, 0.3) is 0 Å². The Hall–Kier alpha value is 0.230. The lowest BCUT2D eigenvalue weighted by atomic mass is 10.2. The Labute approximate surface area is 97.1 Å². The van der Waals surface area contributed by atoms with Crippen molar-refractivity contribution in [3.05, 3.63) is 0 Å². The van der Waals surface area contributed by atoms with Crippen molar-refractivity contribution in [3.8, 4) is 0 Å². The van der Waals surface area contributed by atoms with Crippen LogP contribution in [0.5, 0.6) is 0 Å². The van der Waals surface area contributed by atoms with Crippen molar-refractivity contribution in [2.24, 2.45) is 0 Å². The molecule has 0 aromatic heterocycles. The Kier molecular flexibility index (Phi) is 4.90. The van der Waals surface area contributed by atoms with Crippen LogP contribution in [0.2, 0.25) is 0 Å². The van der Waals surface area contributed by atoms with Crippen LogP contribution >= 0.6 is 15.9 Å². The first kappa shape index (κ1) is 13.3. The van der Waals surface area contributed by atoms with E-state index in [0.29, 0.717) is 12.6 Å².